The Hall–Kier alpha value is -3.28. The largest absolute Gasteiger partial charge is 0.352 e. The molecule has 0 bridgehead atoms. The van der Waals surface area contributed by atoms with E-state index in [0.717, 1.165) is 21.4 Å². The SMILES string of the molecule is Cc1ccc(-c2cc(C(=O)NCC(C)C)c(=O)n(-c3cccc(F)c3)n2)cc1C. The topological polar surface area (TPSA) is 64.0 Å². The number of carbonyl (C=O) groups is 1. The third kappa shape index (κ3) is 4.59. The minimum atomic E-state index is -0.593. The summed E-state index contributed by atoms with van der Waals surface area (Å²) in [6.45, 7) is 8.37. The van der Waals surface area contributed by atoms with E-state index in [0.29, 0.717) is 12.2 Å². The van der Waals surface area contributed by atoms with Crippen molar-refractivity contribution in [3.8, 4) is 16.9 Å². The number of nitrogens with one attached hydrogen (secondary N) is 1. The number of benzene rings is 2. The van der Waals surface area contributed by atoms with Crippen molar-refractivity contribution >= 4 is 5.91 Å². The number of aromatic nitrogens is 2. The average molecular weight is 393 g/mol. The molecule has 0 radical (unpaired) electrons. The lowest BCUT2D eigenvalue weighted by atomic mass is 10.0. The smallest absolute Gasteiger partial charge is 0.284 e. The van der Waals surface area contributed by atoms with Crippen molar-refractivity contribution in [1.82, 2.24) is 15.1 Å². The fourth-order valence-electron chi connectivity index (χ4n) is 2.87. The van der Waals surface area contributed by atoms with Gasteiger partial charge in [-0.3, -0.25) is 9.59 Å². The minimum Gasteiger partial charge on any atom is -0.352 e. The Balaban J connectivity index is 2.19. The monoisotopic (exact) mass is 393 g/mol. The van der Waals surface area contributed by atoms with E-state index in [2.05, 4.69) is 10.4 Å². The standard InChI is InChI=1S/C23H24FN3O2/c1-14(2)13-25-22(28)20-12-21(17-9-8-15(3)16(4)10-17)26-27(23(20)29)19-7-5-6-18(24)11-19/h5-12,14H,13H2,1-4H3,(H,25,28). The highest BCUT2D eigenvalue weighted by Gasteiger charge is 2.18. The van der Waals surface area contributed by atoms with Crippen LogP contribution in [0, 0.1) is 25.6 Å². The zero-order valence-electron chi connectivity index (χ0n) is 17.0. The van der Waals surface area contributed by atoms with Gasteiger partial charge in [-0.05, 0) is 61.2 Å². The van der Waals surface area contributed by atoms with Gasteiger partial charge in [0.05, 0.1) is 11.4 Å². The van der Waals surface area contributed by atoms with Gasteiger partial charge < -0.3 is 5.32 Å². The molecule has 0 aliphatic carbocycles. The van der Waals surface area contributed by atoms with Crippen LogP contribution in [-0.2, 0) is 0 Å². The van der Waals surface area contributed by atoms with Crippen LogP contribution in [-0.4, -0.2) is 22.2 Å². The lowest BCUT2D eigenvalue weighted by Gasteiger charge is -2.13. The lowest BCUT2D eigenvalue weighted by Crippen LogP contribution is -2.35. The quantitative estimate of drug-likeness (QED) is 0.712. The molecule has 1 N–H and O–H groups in total. The van der Waals surface area contributed by atoms with Crippen LogP contribution in [0.4, 0.5) is 4.39 Å². The van der Waals surface area contributed by atoms with Gasteiger partial charge in [0.2, 0.25) is 0 Å². The van der Waals surface area contributed by atoms with Gasteiger partial charge in [-0.2, -0.15) is 9.78 Å². The van der Waals surface area contributed by atoms with Crippen LogP contribution in [0.1, 0.15) is 35.3 Å². The molecule has 0 atom stereocenters. The van der Waals surface area contributed by atoms with Crippen LogP contribution in [0.15, 0.2) is 53.3 Å². The second-order valence-corrected chi connectivity index (χ2v) is 7.54. The van der Waals surface area contributed by atoms with Crippen LogP contribution in [0.25, 0.3) is 16.9 Å². The number of hydrogen-bond donors (Lipinski definition) is 1. The van der Waals surface area contributed by atoms with Crippen LogP contribution in [0.3, 0.4) is 0 Å². The van der Waals surface area contributed by atoms with Crippen molar-refractivity contribution in [1.29, 1.82) is 0 Å². The highest BCUT2D eigenvalue weighted by Crippen LogP contribution is 2.21. The number of carbonyl (C=O) groups excluding carboxylic acids is 1. The number of halogens is 1. The number of rotatable bonds is 5. The first-order chi connectivity index (χ1) is 13.8. The summed E-state index contributed by atoms with van der Waals surface area (Å²) in [5.41, 5.74) is 3.07. The fraction of sp³-hybridized carbons (Fsp3) is 0.261. The highest BCUT2D eigenvalue weighted by atomic mass is 19.1. The summed E-state index contributed by atoms with van der Waals surface area (Å²) in [5.74, 6) is -0.717. The molecular weight excluding hydrogens is 369 g/mol. The van der Waals surface area contributed by atoms with Gasteiger partial charge in [0, 0.05) is 12.1 Å². The first-order valence-electron chi connectivity index (χ1n) is 9.52. The van der Waals surface area contributed by atoms with E-state index in [4.69, 9.17) is 0 Å². The average Bonchev–Trinajstić information content (AvgIpc) is 2.68. The number of aryl methyl sites for hydroxylation is 2. The number of hydrogen-bond acceptors (Lipinski definition) is 3. The summed E-state index contributed by atoms with van der Waals surface area (Å²) in [4.78, 5) is 25.7. The third-order valence-electron chi connectivity index (χ3n) is 4.68. The Kier molecular flexibility index (Phi) is 5.92. The molecule has 0 fully saturated rings. The van der Waals surface area contributed by atoms with E-state index < -0.39 is 17.3 Å². The van der Waals surface area contributed by atoms with E-state index in [1.165, 1.54) is 24.3 Å². The Morgan fingerprint density at radius 3 is 2.52 bits per heavy atom. The Labute approximate surface area is 169 Å². The van der Waals surface area contributed by atoms with Gasteiger partial charge in [-0.15, -0.1) is 0 Å². The maximum absolute atomic E-state index is 13.8. The van der Waals surface area contributed by atoms with E-state index >= 15 is 0 Å². The first kappa shape index (κ1) is 20.5. The van der Waals surface area contributed by atoms with Crippen LogP contribution in [0.2, 0.25) is 0 Å². The maximum atomic E-state index is 13.8. The Morgan fingerprint density at radius 1 is 1.10 bits per heavy atom. The predicted octanol–water partition coefficient (Wildman–Crippen LogP) is 4.04. The molecule has 0 spiro atoms. The van der Waals surface area contributed by atoms with E-state index in [9.17, 15) is 14.0 Å². The molecule has 6 heteroatoms. The molecule has 0 aliphatic heterocycles. The predicted molar refractivity (Wildman–Crippen MR) is 112 cm³/mol. The molecule has 29 heavy (non-hydrogen) atoms. The second-order valence-electron chi connectivity index (χ2n) is 7.54. The molecule has 150 valence electrons. The van der Waals surface area contributed by atoms with Gasteiger partial charge in [-0.1, -0.05) is 32.0 Å². The van der Waals surface area contributed by atoms with Crippen molar-refractivity contribution in [2.24, 2.45) is 5.92 Å². The summed E-state index contributed by atoms with van der Waals surface area (Å²) in [6, 6.07) is 12.9. The molecule has 0 saturated carbocycles. The molecule has 1 heterocycles. The molecule has 1 amide bonds. The molecular formula is C23H24FN3O2. The van der Waals surface area contributed by atoms with Crippen molar-refractivity contribution in [3.05, 3.63) is 81.4 Å². The van der Waals surface area contributed by atoms with Crippen LogP contribution < -0.4 is 10.9 Å². The van der Waals surface area contributed by atoms with Crippen LogP contribution >= 0.6 is 0 Å². The number of nitrogens with zero attached hydrogens (tertiary/aromatic N) is 2. The molecule has 2 aromatic carbocycles. The zero-order chi connectivity index (χ0) is 21.1. The molecule has 0 aliphatic rings. The molecule has 5 nitrogen and oxygen atoms in total. The fourth-order valence-corrected chi connectivity index (χ4v) is 2.87. The summed E-state index contributed by atoms with van der Waals surface area (Å²) in [7, 11) is 0. The zero-order valence-corrected chi connectivity index (χ0v) is 17.0. The molecule has 0 unspecified atom stereocenters. The Bertz CT molecular complexity index is 1120. The van der Waals surface area contributed by atoms with Gasteiger partial charge >= 0.3 is 0 Å². The lowest BCUT2D eigenvalue weighted by molar-refractivity contribution is 0.0947. The first-order valence-corrected chi connectivity index (χ1v) is 9.52. The third-order valence-corrected chi connectivity index (χ3v) is 4.68. The van der Waals surface area contributed by atoms with Gasteiger partial charge in [0.25, 0.3) is 11.5 Å². The second kappa shape index (κ2) is 8.39. The molecule has 3 aromatic rings. The number of amides is 1. The van der Waals surface area contributed by atoms with Gasteiger partial charge in [-0.25, -0.2) is 4.39 Å². The molecule has 0 saturated heterocycles. The Morgan fingerprint density at radius 2 is 1.86 bits per heavy atom. The molecule has 1 aromatic heterocycles. The van der Waals surface area contributed by atoms with Crippen molar-refractivity contribution in [2.45, 2.75) is 27.7 Å². The van der Waals surface area contributed by atoms with Crippen molar-refractivity contribution in [3.63, 3.8) is 0 Å². The van der Waals surface area contributed by atoms with E-state index in [1.807, 2.05) is 45.9 Å². The summed E-state index contributed by atoms with van der Waals surface area (Å²) < 4.78 is 14.8. The summed E-state index contributed by atoms with van der Waals surface area (Å²) in [5, 5.41) is 7.19. The van der Waals surface area contributed by atoms with Crippen LogP contribution in [0.5, 0.6) is 0 Å². The van der Waals surface area contributed by atoms with Gasteiger partial charge in [0.15, 0.2) is 0 Å². The maximum Gasteiger partial charge on any atom is 0.284 e. The van der Waals surface area contributed by atoms with E-state index in [-0.39, 0.29) is 17.2 Å². The van der Waals surface area contributed by atoms with E-state index in [1.54, 1.807) is 6.07 Å². The normalized spacial score (nSPS) is 11.0. The summed E-state index contributed by atoms with van der Waals surface area (Å²) in [6.07, 6.45) is 0. The molecule has 3 rings (SSSR count). The summed E-state index contributed by atoms with van der Waals surface area (Å²) >= 11 is 0. The van der Waals surface area contributed by atoms with Crippen molar-refractivity contribution in [2.75, 3.05) is 6.54 Å². The van der Waals surface area contributed by atoms with Crippen molar-refractivity contribution < 1.29 is 9.18 Å². The van der Waals surface area contributed by atoms with Gasteiger partial charge in [0.1, 0.15) is 11.4 Å². The minimum absolute atomic E-state index is 0.0295. The highest BCUT2D eigenvalue weighted by molar-refractivity contribution is 5.94.